The van der Waals surface area contributed by atoms with Crippen LogP contribution in [-0.4, -0.2) is 30.1 Å². The monoisotopic (exact) mass is 405 g/mol. The molecule has 1 aromatic heterocycles. The second-order valence-electron chi connectivity index (χ2n) is 5.34. The molecule has 0 saturated carbocycles. The van der Waals surface area contributed by atoms with E-state index >= 15 is 0 Å². The van der Waals surface area contributed by atoms with Crippen molar-refractivity contribution in [2.24, 2.45) is 0 Å². The molecule has 132 valence electrons. The maximum absolute atomic E-state index is 12.5. The molecule has 0 N–H and O–H groups in total. The van der Waals surface area contributed by atoms with E-state index in [1.54, 1.807) is 27.7 Å². The standard InChI is InChI=1S/C19H20BrNO4/c1-5-24-18(22)16-12(4)21-17(19(23)25-6-2)11(3)15(16)13-9-7-8-10-14(13)20/h7-10H,5-6H2,1-4H3. The van der Waals surface area contributed by atoms with E-state index in [9.17, 15) is 9.59 Å². The van der Waals surface area contributed by atoms with Gasteiger partial charge in [0.15, 0.2) is 5.69 Å². The Hall–Kier alpha value is -2.21. The quantitative estimate of drug-likeness (QED) is 0.685. The molecule has 0 aliphatic carbocycles. The molecule has 5 nitrogen and oxygen atoms in total. The van der Waals surface area contributed by atoms with Crippen LogP contribution in [0.3, 0.4) is 0 Å². The summed E-state index contributed by atoms with van der Waals surface area (Å²) in [6.07, 6.45) is 0. The third-order valence-corrected chi connectivity index (χ3v) is 4.40. The molecule has 0 amide bonds. The molecule has 0 saturated heterocycles. The second-order valence-corrected chi connectivity index (χ2v) is 6.20. The van der Waals surface area contributed by atoms with Gasteiger partial charge in [-0.3, -0.25) is 0 Å². The van der Waals surface area contributed by atoms with Gasteiger partial charge >= 0.3 is 11.9 Å². The minimum atomic E-state index is -0.508. The minimum absolute atomic E-state index is 0.207. The van der Waals surface area contributed by atoms with Crippen LogP contribution >= 0.6 is 15.9 Å². The lowest BCUT2D eigenvalue weighted by Crippen LogP contribution is -2.17. The Balaban J connectivity index is 2.81. The number of carbonyl (C=O) groups excluding carboxylic acids is 2. The molecule has 25 heavy (non-hydrogen) atoms. The summed E-state index contributed by atoms with van der Waals surface area (Å²) in [4.78, 5) is 29.1. The van der Waals surface area contributed by atoms with Crippen LogP contribution in [0.4, 0.5) is 0 Å². The molecule has 0 atom stereocenters. The molecule has 0 radical (unpaired) electrons. The summed E-state index contributed by atoms with van der Waals surface area (Å²) < 4.78 is 11.1. The Morgan fingerprint density at radius 2 is 1.64 bits per heavy atom. The van der Waals surface area contributed by atoms with Gasteiger partial charge in [-0.15, -0.1) is 0 Å². The largest absolute Gasteiger partial charge is 0.462 e. The van der Waals surface area contributed by atoms with Gasteiger partial charge in [0.1, 0.15) is 0 Å². The van der Waals surface area contributed by atoms with Crippen LogP contribution in [0.1, 0.15) is 46.0 Å². The fourth-order valence-electron chi connectivity index (χ4n) is 2.65. The number of hydrogen-bond donors (Lipinski definition) is 0. The molecule has 0 fully saturated rings. The van der Waals surface area contributed by atoms with E-state index < -0.39 is 11.9 Å². The molecule has 0 unspecified atom stereocenters. The van der Waals surface area contributed by atoms with Crippen LogP contribution in [0.2, 0.25) is 0 Å². The number of benzene rings is 1. The van der Waals surface area contributed by atoms with E-state index in [1.807, 2.05) is 24.3 Å². The maximum atomic E-state index is 12.5. The highest BCUT2D eigenvalue weighted by atomic mass is 79.9. The molecule has 0 aliphatic heterocycles. The Morgan fingerprint density at radius 1 is 1.04 bits per heavy atom. The number of halogens is 1. The number of rotatable bonds is 5. The van der Waals surface area contributed by atoms with Gasteiger partial charge in [0.25, 0.3) is 0 Å². The molecular weight excluding hydrogens is 386 g/mol. The molecule has 2 rings (SSSR count). The third kappa shape index (κ3) is 3.90. The number of ether oxygens (including phenoxy) is 2. The number of carbonyl (C=O) groups is 2. The van der Waals surface area contributed by atoms with E-state index in [2.05, 4.69) is 20.9 Å². The topological polar surface area (TPSA) is 65.5 Å². The van der Waals surface area contributed by atoms with E-state index in [1.165, 1.54) is 0 Å². The minimum Gasteiger partial charge on any atom is -0.462 e. The number of aryl methyl sites for hydroxylation is 1. The molecule has 1 aromatic carbocycles. The predicted molar refractivity (Wildman–Crippen MR) is 98.8 cm³/mol. The van der Waals surface area contributed by atoms with Gasteiger partial charge in [0, 0.05) is 10.0 Å². The summed E-state index contributed by atoms with van der Waals surface area (Å²) in [7, 11) is 0. The van der Waals surface area contributed by atoms with Crippen molar-refractivity contribution in [3.63, 3.8) is 0 Å². The first-order chi connectivity index (χ1) is 11.9. The van der Waals surface area contributed by atoms with Crippen LogP contribution in [0, 0.1) is 13.8 Å². The Bertz CT molecular complexity index is 817. The average Bonchev–Trinajstić information content (AvgIpc) is 2.57. The molecule has 1 heterocycles. The first-order valence-electron chi connectivity index (χ1n) is 8.02. The maximum Gasteiger partial charge on any atom is 0.357 e. The Labute approximate surface area is 155 Å². The van der Waals surface area contributed by atoms with Gasteiger partial charge < -0.3 is 9.47 Å². The summed E-state index contributed by atoms with van der Waals surface area (Å²) in [5, 5.41) is 0. The summed E-state index contributed by atoms with van der Waals surface area (Å²) in [6.45, 7) is 7.45. The van der Waals surface area contributed by atoms with Crippen molar-refractivity contribution in [3.05, 3.63) is 51.3 Å². The first-order valence-corrected chi connectivity index (χ1v) is 8.81. The lowest BCUT2D eigenvalue weighted by atomic mass is 9.93. The van der Waals surface area contributed by atoms with E-state index in [4.69, 9.17) is 9.47 Å². The van der Waals surface area contributed by atoms with Gasteiger partial charge in [0.2, 0.25) is 0 Å². The summed E-state index contributed by atoms with van der Waals surface area (Å²) in [5.74, 6) is -0.969. The molecular formula is C19H20BrNO4. The first kappa shape index (κ1) is 19.1. The molecule has 0 aliphatic rings. The summed E-state index contributed by atoms with van der Waals surface area (Å²) in [5.41, 5.74) is 3.00. The number of pyridine rings is 1. The third-order valence-electron chi connectivity index (χ3n) is 3.71. The van der Waals surface area contributed by atoms with Crippen molar-refractivity contribution in [2.75, 3.05) is 13.2 Å². The summed E-state index contributed by atoms with van der Waals surface area (Å²) in [6, 6.07) is 7.51. The van der Waals surface area contributed by atoms with E-state index in [-0.39, 0.29) is 18.9 Å². The Kier molecular flexibility index (Phi) is 6.31. The smallest absolute Gasteiger partial charge is 0.357 e. The van der Waals surface area contributed by atoms with E-state index in [0.29, 0.717) is 22.4 Å². The number of aromatic nitrogens is 1. The van der Waals surface area contributed by atoms with E-state index in [0.717, 1.165) is 10.0 Å². The number of esters is 2. The molecule has 2 aromatic rings. The fourth-order valence-corrected chi connectivity index (χ4v) is 3.13. The van der Waals surface area contributed by atoms with Crippen molar-refractivity contribution < 1.29 is 19.1 Å². The van der Waals surface area contributed by atoms with Crippen molar-refractivity contribution >= 4 is 27.9 Å². The van der Waals surface area contributed by atoms with Gasteiger partial charge in [-0.1, -0.05) is 34.1 Å². The van der Waals surface area contributed by atoms with Crippen LogP contribution in [0.5, 0.6) is 0 Å². The van der Waals surface area contributed by atoms with Gasteiger partial charge in [-0.25, -0.2) is 14.6 Å². The lowest BCUT2D eigenvalue weighted by Gasteiger charge is -2.18. The normalized spacial score (nSPS) is 10.4. The number of hydrogen-bond acceptors (Lipinski definition) is 5. The van der Waals surface area contributed by atoms with Gasteiger partial charge in [-0.2, -0.15) is 0 Å². The van der Waals surface area contributed by atoms with Crippen LogP contribution in [-0.2, 0) is 9.47 Å². The van der Waals surface area contributed by atoms with Crippen LogP contribution in [0.25, 0.3) is 11.1 Å². The zero-order valence-electron chi connectivity index (χ0n) is 14.7. The van der Waals surface area contributed by atoms with Crippen LogP contribution in [0.15, 0.2) is 28.7 Å². The summed E-state index contributed by atoms with van der Waals surface area (Å²) >= 11 is 3.52. The average molecular weight is 406 g/mol. The van der Waals surface area contributed by atoms with Crippen molar-refractivity contribution in [1.82, 2.24) is 4.98 Å². The predicted octanol–water partition coefficient (Wildman–Crippen LogP) is 4.48. The SMILES string of the molecule is CCOC(=O)c1nc(C)c(C(=O)OCC)c(-c2ccccc2Br)c1C. The van der Waals surface area contributed by atoms with Crippen molar-refractivity contribution in [3.8, 4) is 11.1 Å². The van der Waals surface area contributed by atoms with Crippen molar-refractivity contribution in [1.29, 1.82) is 0 Å². The fraction of sp³-hybridized carbons (Fsp3) is 0.316. The highest BCUT2D eigenvalue weighted by molar-refractivity contribution is 9.10. The zero-order chi connectivity index (χ0) is 18.6. The molecule has 0 bridgehead atoms. The Morgan fingerprint density at radius 3 is 2.24 bits per heavy atom. The highest BCUT2D eigenvalue weighted by Crippen LogP contribution is 2.36. The molecule has 0 spiro atoms. The zero-order valence-corrected chi connectivity index (χ0v) is 16.3. The second kappa shape index (κ2) is 8.25. The van der Waals surface area contributed by atoms with Gasteiger partial charge in [-0.05, 0) is 44.9 Å². The number of nitrogens with zero attached hydrogens (tertiary/aromatic N) is 1. The van der Waals surface area contributed by atoms with Gasteiger partial charge in [0.05, 0.1) is 24.5 Å². The lowest BCUT2D eigenvalue weighted by molar-refractivity contribution is 0.0504. The van der Waals surface area contributed by atoms with Crippen LogP contribution < -0.4 is 0 Å². The van der Waals surface area contributed by atoms with Crippen molar-refractivity contribution in [2.45, 2.75) is 27.7 Å². The highest BCUT2D eigenvalue weighted by Gasteiger charge is 2.26. The molecule has 6 heteroatoms.